The first-order valence-electron chi connectivity index (χ1n) is 6.89. The highest BCUT2D eigenvalue weighted by Gasteiger charge is 2.11. The lowest BCUT2D eigenvalue weighted by Crippen LogP contribution is -2.23. The zero-order valence-corrected chi connectivity index (χ0v) is 12.5. The highest BCUT2D eigenvalue weighted by molar-refractivity contribution is 7.14. The van der Waals surface area contributed by atoms with Crippen molar-refractivity contribution in [2.45, 2.75) is 19.9 Å². The van der Waals surface area contributed by atoms with Crippen LogP contribution in [0, 0.1) is 0 Å². The number of thiophene rings is 1. The molecule has 0 saturated heterocycles. The molecule has 21 heavy (non-hydrogen) atoms. The number of aromatic nitrogens is 1. The Kier molecular flexibility index (Phi) is 3.71. The molecule has 0 spiro atoms. The van der Waals surface area contributed by atoms with E-state index >= 15 is 0 Å². The van der Waals surface area contributed by atoms with Crippen LogP contribution in [0.25, 0.3) is 10.8 Å². The van der Waals surface area contributed by atoms with Gasteiger partial charge in [-0.2, -0.15) is 0 Å². The molecule has 0 amide bonds. The van der Waals surface area contributed by atoms with Crippen LogP contribution in [0.1, 0.15) is 21.5 Å². The van der Waals surface area contributed by atoms with Gasteiger partial charge in [-0.05, 0) is 36.1 Å². The van der Waals surface area contributed by atoms with E-state index in [1.54, 1.807) is 12.3 Å². The smallest absolute Gasteiger partial charge is 0.258 e. The highest BCUT2D eigenvalue weighted by atomic mass is 32.1. The second-order valence-electron chi connectivity index (χ2n) is 4.88. The number of fused-ring (bicyclic) bond motifs is 1. The topological polar surface area (TPSA) is 39.1 Å². The lowest BCUT2D eigenvalue weighted by molar-refractivity contribution is 0.0975. The minimum Gasteiger partial charge on any atom is -0.307 e. The minimum absolute atomic E-state index is 0.0166. The third kappa shape index (κ3) is 2.67. The molecule has 0 N–H and O–H groups in total. The number of rotatable bonds is 4. The number of hydrogen-bond acceptors (Lipinski definition) is 3. The molecular formula is C17H15NO2S. The summed E-state index contributed by atoms with van der Waals surface area (Å²) in [6, 6.07) is 13.1. The van der Waals surface area contributed by atoms with Crippen molar-refractivity contribution in [3.8, 4) is 0 Å². The third-order valence-electron chi connectivity index (χ3n) is 3.48. The Labute approximate surface area is 126 Å². The van der Waals surface area contributed by atoms with Gasteiger partial charge in [-0.25, -0.2) is 0 Å². The maximum atomic E-state index is 12.4. The van der Waals surface area contributed by atoms with Crippen molar-refractivity contribution in [3.63, 3.8) is 0 Å². The molecule has 3 nitrogen and oxygen atoms in total. The largest absolute Gasteiger partial charge is 0.307 e. The molecule has 2 heterocycles. The summed E-state index contributed by atoms with van der Waals surface area (Å²) in [4.78, 5) is 26.6. The number of aryl methyl sites for hydroxylation is 1. The van der Waals surface area contributed by atoms with Crippen LogP contribution in [-0.4, -0.2) is 10.4 Å². The van der Waals surface area contributed by atoms with Gasteiger partial charge in [0.1, 0.15) is 0 Å². The Bertz CT molecular complexity index is 860. The molecule has 3 rings (SSSR count). The van der Waals surface area contributed by atoms with Gasteiger partial charge in [0.25, 0.3) is 5.56 Å². The van der Waals surface area contributed by atoms with Crippen molar-refractivity contribution in [2.75, 3.05) is 0 Å². The van der Waals surface area contributed by atoms with Gasteiger partial charge in [0, 0.05) is 16.5 Å². The molecule has 3 aromatic rings. The molecule has 0 atom stereocenters. The maximum absolute atomic E-state index is 12.4. The van der Waals surface area contributed by atoms with E-state index in [1.807, 2.05) is 36.4 Å². The third-order valence-corrected chi connectivity index (χ3v) is 4.76. The predicted octanol–water partition coefficient (Wildman–Crippen LogP) is 3.51. The number of carbonyl (C=O) groups excluding carboxylic acids is 1. The molecule has 0 fully saturated rings. The zero-order valence-electron chi connectivity index (χ0n) is 11.7. The fraction of sp³-hybridized carbons (Fsp3) is 0.176. The summed E-state index contributed by atoms with van der Waals surface area (Å²) in [7, 11) is 0. The number of Topliss-reactive ketones (excluding diaryl/α,β-unsaturated/α-hetero) is 1. The zero-order chi connectivity index (χ0) is 14.8. The second kappa shape index (κ2) is 5.66. The summed E-state index contributed by atoms with van der Waals surface area (Å²) >= 11 is 1.50. The molecule has 0 radical (unpaired) electrons. The summed E-state index contributed by atoms with van der Waals surface area (Å²) < 4.78 is 1.48. The first-order chi connectivity index (χ1) is 10.2. The molecule has 0 aliphatic carbocycles. The second-order valence-corrected chi connectivity index (χ2v) is 6.05. The molecule has 4 heteroatoms. The first kappa shape index (κ1) is 13.8. The summed E-state index contributed by atoms with van der Waals surface area (Å²) in [5, 5.41) is 1.55. The Morgan fingerprint density at radius 3 is 2.71 bits per heavy atom. The van der Waals surface area contributed by atoms with Gasteiger partial charge in [-0.15, -0.1) is 11.3 Å². The SMILES string of the molecule is CCc1ccc(C(=O)Cn2ccc3ccccc3c2=O)s1. The lowest BCUT2D eigenvalue weighted by Gasteiger charge is -2.05. The Morgan fingerprint density at radius 2 is 1.95 bits per heavy atom. The van der Waals surface area contributed by atoms with Crippen LogP contribution in [-0.2, 0) is 13.0 Å². The fourth-order valence-electron chi connectivity index (χ4n) is 2.30. The van der Waals surface area contributed by atoms with E-state index in [2.05, 4.69) is 6.92 Å². The van der Waals surface area contributed by atoms with Crippen LogP contribution < -0.4 is 5.56 Å². The lowest BCUT2D eigenvalue weighted by atomic mass is 10.2. The Hall–Kier alpha value is -2.20. The summed E-state index contributed by atoms with van der Waals surface area (Å²) in [6.07, 6.45) is 2.62. The van der Waals surface area contributed by atoms with E-state index in [-0.39, 0.29) is 17.9 Å². The summed E-state index contributed by atoms with van der Waals surface area (Å²) in [5.41, 5.74) is -0.117. The van der Waals surface area contributed by atoms with E-state index in [0.29, 0.717) is 10.3 Å². The van der Waals surface area contributed by atoms with Gasteiger partial charge >= 0.3 is 0 Å². The Morgan fingerprint density at radius 1 is 1.14 bits per heavy atom. The summed E-state index contributed by atoms with van der Waals surface area (Å²) in [6.45, 7) is 2.15. The Balaban J connectivity index is 1.93. The average Bonchev–Trinajstić information content (AvgIpc) is 2.99. The van der Waals surface area contributed by atoms with Gasteiger partial charge in [0.2, 0.25) is 0 Å². The highest BCUT2D eigenvalue weighted by Crippen LogP contribution is 2.18. The van der Waals surface area contributed by atoms with Crippen LogP contribution in [0.4, 0.5) is 0 Å². The van der Waals surface area contributed by atoms with E-state index < -0.39 is 0 Å². The number of hydrogen-bond donors (Lipinski definition) is 0. The van der Waals surface area contributed by atoms with Gasteiger partial charge in [-0.3, -0.25) is 9.59 Å². The van der Waals surface area contributed by atoms with Gasteiger partial charge in [0.15, 0.2) is 5.78 Å². The quantitative estimate of drug-likeness (QED) is 0.691. The number of ketones is 1. The maximum Gasteiger partial charge on any atom is 0.258 e. The van der Waals surface area contributed by atoms with Crippen molar-refractivity contribution in [2.24, 2.45) is 0 Å². The van der Waals surface area contributed by atoms with E-state index in [1.165, 1.54) is 20.8 Å². The molecular weight excluding hydrogens is 282 g/mol. The van der Waals surface area contributed by atoms with E-state index in [9.17, 15) is 9.59 Å². The number of nitrogens with zero attached hydrogens (tertiary/aromatic N) is 1. The number of pyridine rings is 1. The predicted molar refractivity (Wildman–Crippen MR) is 86.2 cm³/mol. The molecule has 0 aliphatic heterocycles. The van der Waals surface area contributed by atoms with Crippen LogP contribution in [0.3, 0.4) is 0 Å². The van der Waals surface area contributed by atoms with E-state index in [0.717, 1.165) is 11.8 Å². The van der Waals surface area contributed by atoms with Crippen molar-refractivity contribution in [1.82, 2.24) is 4.57 Å². The summed E-state index contributed by atoms with van der Waals surface area (Å²) in [5.74, 6) is -0.0166. The molecule has 1 aromatic carbocycles. The monoisotopic (exact) mass is 297 g/mol. The molecule has 106 valence electrons. The molecule has 0 unspecified atom stereocenters. The standard InChI is InChI=1S/C17H15NO2S/c1-2-13-7-8-16(21-13)15(19)11-18-10-9-12-5-3-4-6-14(12)17(18)20/h3-10H,2,11H2,1H3. The average molecular weight is 297 g/mol. The van der Waals surface area contributed by atoms with Crippen molar-refractivity contribution in [1.29, 1.82) is 0 Å². The molecule has 0 saturated carbocycles. The number of carbonyl (C=O) groups is 1. The van der Waals surface area contributed by atoms with Crippen LogP contribution in [0.2, 0.25) is 0 Å². The minimum atomic E-state index is -0.117. The van der Waals surface area contributed by atoms with Crippen molar-refractivity contribution < 1.29 is 4.79 Å². The van der Waals surface area contributed by atoms with Gasteiger partial charge < -0.3 is 4.57 Å². The fourth-order valence-corrected chi connectivity index (χ4v) is 3.18. The van der Waals surface area contributed by atoms with Gasteiger partial charge in [-0.1, -0.05) is 25.1 Å². The molecule has 0 bridgehead atoms. The number of benzene rings is 1. The van der Waals surface area contributed by atoms with Gasteiger partial charge in [0.05, 0.1) is 11.4 Å². The first-order valence-corrected chi connectivity index (χ1v) is 7.71. The van der Waals surface area contributed by atoms with Crippen LogP contribution in [0.15, 0.2) is 53.5 Å². The molecule has 0 aliphatic rings. The van der Waals surface area contributed by atoms with Crippen molar-refractivity contribution in [3.05, 3.63) is 68.8 Å². The van der Waals surface area contributed by atoms with Crippen LogP contribution >= 0.6 is 11.3 Å². The molecule has 2 aromatic heterocycles. The van der Waals surface area contributed by atoms with E-state index in [4.69, 9.17) is 0 Å². The van der Waals surface area contributed by atoms with Crippen molar-refractivity contribution >= 4 is 27.9 Å². The van der Waals surface area contributed by atoms with Crippen LogP contribution in [0.5, 0.6) is 0 Å². The normalized spacial score (nSPS) is 10.9.